The van der Waals surface area contributed by atoms with E-state index in [0.717, 1.165) is 29.3 Å². The quantitative estimate of drug-likeness (QED) is 0.829. The van der Waals surface area contributed by atoms with E-state index in [9.17, 15) is 0 Å². The number of aromatic nitrogens is 2. The van der Waals surface area contributed by atoms with Crippen LogP contribution in [0.5, 0.6) is 0 Å². The first-order valence-electron chi connectivity index (χ1n) is 6.10. The Bertz CT molecular complexity index is 492. The minimum Gasteiger partial charge on any atom is -0.327 e. The summed E-state index contributed by atoms with van der Waals surface area (Å²) in [4.78, 5) is 4.66. The average Bonchev–Trinajstić information content (AvgIpc) is 2.68. The lowest BCUT2D eigenvalue weighted by Gasteiger charge is -2.09. The standard InChI is InChI=1S/C13H19N3S/c1-3-10(14)9-11-13(17-4-2)15-12-7-5-6-8-16(11)12/h5-8,10H,3-4,9,14H2,1-2H3. The molecule has 2 rings (SSSR count). The first-order valence-corrected chi connectivity index (χ1v) is 7.09. The van der Waals surface area contributed by atoms with Gasteiger partial charge in [-0.15, -0.1) is 11.8 Å². The summed E-state index contributed by atoms with van der Waals surface area (Å²) in [6, 6.07) is 6.31. The highest BCUT2D eigenvalue weighted by molar-refractivity contribution is 7.99. The lowest BCUT2D eigenvalue weighted by molar-refractivity contribution is 0.627. The second-order valence-corrected chi connectivity index (χ2v) is 5.35. The smallest absolute Gasteiger partial charge is 0.138 e. The van der Waals surface area contributed by atoms with Gasteiger partial charge in [-0.2, -0.15) is 0 Å². The van der Waals surface area contributed by atoms with Crippen LogP contribution in [-0.2, 0) is 6.42 Å². The van der Waals surface area contributed by atoms with Crippen molar-refractivity contribution in [1.29, 1.82) is 0 Å². The van der Waals surface area contributed by atoms with Crippen molar-refractivity contribution in [2.24, 2.45) is 5.73 Å². The van der Waals surface area contributed by atoms with E-state index in [0.29, 0.717) is 0 Å². The summed E-state index contributed by atoms with van der Waals surface area (Å²) >= 11 is 1.79. The maximum Gasteiger partial charge on any atom is 0.138 e. The van der Waals surface area contributed by atoms with Gasteiger partial charge in [0.1, 0.15) is 10.7 Å². The van der Waals surface area contributed by atoms with Gasteiger partial charge in [0.2, 0.25) is 0 Å². The fourth-order valence-corrected chi connectivity index (χ4v) is 2.64. The number of thioether (sulfide) groups is 1. The van der Waals surface area contributed by atoms with Gasteiger partial charge >= 0.3 is 0 Å². The van der Waals surface area contributed by atoms with Gasteiger partial charge < -0.3 is 10.1 Å². The van der Waals surface area contributed by atoms with Crippen molar-refractivity contribution in [1.82, 2.24) is 9.38 Å². The normalized spacial score (nSPS) is 13.1. The topological polar surface area (TPSA) is 43.3 Å². The molecule has 0 amide bonds. The van der Waals surface area contributed by atoms with Gasteiger partial charge in [-0.05, 0) is 24.3 Å². The van der Waals surface area contributed by atoms with Gasteiger partial charge in [0, 0.05) is 18.7 Å². The first-order chi connectivity index (χ1) is 8.26. The molecule has 0 aliphatic carbocycles. The van der Waals surface area contributed by atoms with E-state index in [1.165, 1.54) is 5.69 Å². The van der Waals surface area contributed by atoms with Crippen LogP contribution < -0.4 is 5.73 Å². The molecule has 0 radical (unpaired) electrons. The van der Waals surface area contributed by atoms with E-state index < -0.39 is 0 Å². The molecular weight excluding hydrogens is 230 g/mol. The highest BCUT2D eigenvalue weighted by Gasteiger charge is 2.14. The molecule has 4 heteroatoms. The van der Waals surface area contributed by atoms with E-state index in [4.69, 9.17) is 5.73 Å². The van der Waals surface area contributed by atoms with Crippen molar-refractivity contribution >= 4 is 17.4 Å². The average molecular weight is 249 g/mol. The Morgan fingerprint density at radius 3 is 2.94 bits per heavy atom. The third-order valence-electron chi connectivity index (χ3n) is 2.85. The van der Waals surface area contributed by atoms with Crippen LogP contribution in [0.1, 0.15) is 26.0 Å². The molecule has 3 nitrogen and oxygen atoms in total. The predicted molar refractivity (Wildman–Crippen MR) is 73.6 cm³/mol. The minimum absolute atomic E-state index is 0.214. The van der Waals surface area contributed by atoms with Crippen molar-refractivity contribution in [3.05, 3.63) is 30.1 Å². The molecule has 2 aromatic rings. The van der Waals surface area contributed by atoms with Crippen LogP contribution in [0.2, 0.25) is 0 Å². The zero-order valence-electron chi connectivity index (χ0n) is 10.4. The minimum atomic E-state index is 0.214. The molecule has 2 aromatic heterocycles. The lowest BCUT2D eigenvalue weighted by Crippen LogP contribution is -2.22. The summed E-state index contributed by atoms with van der Waals surface area (Å²) < 4.78 is 2.16. The summed E-state index contributed by atoms with van der Waals surface area (Å²) in [5.41, 5.74) is 8.34. The molecule has 92 valence electrons. The first kappa shape index (κ1) is 12.5. The Balaban J connectivity index is 2.44. The lowest BCUT2D eigenvalue weighted by atomic mass is 10.1. The van der Waals surface area contributed by atoms with Crippen molar-refractivity contribution in [2.45, 2.75) is 37.8 Å². The third-order valence-corrected chi connectivity index (χ3v) is 3.74. The largest absolute Gasteiger partial charge is 0.327 e. The Morgan fingerprint density at radius 1 is 1.41 bits per heavy atom. The van der Waals surface area contributed by atoms with Crippen LogP contribution in [0, 0.1) is 0 Å². The molecule has 0 spiro atoms. The summed E-state index contributed by atoms with van der Waals surface area (Å²) in [5, 5.41) is 1.13. The van der Waals surface area contributed by atoms with Crippen LogP contribution in [0.25, 0.3) is 5.65 Å². The number of nitrogens with two attached hydrogens (primary N) is 1. The zero-order valence-corrected chi connectivity index (χ0v) is 11.2. The number of rotatable bonds is 5. The highest BCUT2D eigenvalue weighted by Crippen LogP contribution is 2.24. The van der Waals surface area contributed by atoms with Crippen LogP contribution in [0.4, 0.5) is 0 Å². The fourth-order valence-electron chi connectivity index (χ4n) is 1.86. The van der Waals surface area contributed by atoms with Gasteiger partial charge in [0.05, 0.1) is 5.69 Å². The second kappa shape index (κ2) is 5.56. The number of fused-ring (bicyclic) bond motifs is 1. The van der Waals surface area contributed by atoms with Crippen molar-refractivity contribution in [2.75, 3.05) is 5.75 Å². The van der Waals surface area contributed by atoms with Gasteiger partial charge in [-0.25, -0.2) is 4.98 Å². The van der Waals surface area contributed by atoms with Crippen LogP contribution in [0.3, 0.4) is 0 Å². The Morgan fingerprint density at radius 2 is 2.24 bits per heavy atom. The molecule has 0 aliphatic heterocycles. The molecule has 2 heterocycles. The molecule has 0 saturated carbocycles. The van der Waals surface area contributed by atoms with E-state index in [2.05, 4.69) is 29.4 Å². The van der Waals surface area contributed by atoms with E-state index in [1.54, 1.807) is 11.8 Å². The number of nitrogens with zero attached hydrogens (tertiary/aromatic N) is 2. The van der Waals surface area contributed by atoms with E-state index >= 15 is 0 Å². The zero-order chi connectivity index (χ0) is 12.3. The van der Waals surface area contributed by atoms with E-state index in [1.807, 2.05) is 18.2 Å². The molecule has 0 fully saturated rings. The molecule has 1 unspecified atom stereocenters. The fraction of sp³-hybridized carbons (Fsp3) is 0.462. The van der Waals surface area contributed by atoms with Crippen LogP contribution in [-0.4, -0.2) is 21.2 Å². The number of hydrogen-bond donors (Lipinski definition) is 1. The van der Waals surface area contributed by atoms with Crippen molar-refractivity contribution in [3.8, 4) is 0 Å². The van der Waals surface area contributed by atoms with Gasteiger partial charge in [0.15, 0.2) is 0 Å². The Labute approximate surface area is 106 Å². The van der Waals surface area contributed by atoms with Crippen LogP contribution >= 0.6 is 11.8 Å². The second-order valence-electron chi connectivity index (χ2n) is 4.10. The monoisotopic (exact) mass is 249 g/mol. The number of hydrogen-bond acceptors (Lipinski definition) is 3. The van der Waals surface area contributed by atoms with E-state index in [-0.39, 0.29) is 6.04 Å². The Kier molecular flexibility index (Phi) is 4.07. The maximum atomic E-state index is 6.07. The highest BCUT2D eigenvalue weighted by atomic mass is 32.2. The molecule has 2 N–H and O–H groups in total. The summed E-state index contributed by atoms with van der Waals surface area (Å²) in [6.07, 6.45) is 3.96. The molecule has 17 heavy (non-hydrogen) atoms. The molecule has 1 atom stereocenters. The van der Waals surface area contributed by atoms with Gasteiger partial charge in [-0.3, -0.25) is 0 Å². The maximum absolute atomic E-state index is 6.07. The predicted octanol–water partition coefficient (Wildman–Crippen LogP) is 2.73. The molecule has 0 aromatic carbocycles. The summed E-state index contributed by atoms with van der Waals surface area (Å²) in [6.45, 7) is 4.28. The summed E-state index contributed by atoms with van der Waals surface area (Å²) in [7, 11) is 0. The molecule has 0 aliphatic rings. The summed E-state index contributed by atoms with van der Waals surface area (Å²) in [5.74, 6) is 1.04. The number of pyridine rings is 1. The Hall–Kier alpha value is -1.00. The van der Waals surface area contributed by atoms with Gasteiger partial charge in [0.25, 0.3) is 0 Å². The SMILES string of the molecule is CCSc1nc2ccccn2c1CC(N)CC. The van der Waals surface area contributed by atoms with Gasteiger partial charge in [-0.1, -0.05) is 19.9 Å². The van der Waals surface area contributed by atoms with Crippen LogP contribution in [0.15, 0.2) is 29.4 Å². The number of imidazole rings is 1. The molecule has 0 saturated heterocycles. The van der Waals surface area contributed by atoms with Crippen molar-refractivity contribution < 1.29 is 0 Å². The van der Waals surface area contributed by atoms with Crippen molar-refractivity contribution in [3.63, 3.8) is 0 Å². The molecule has 0 bridgehead atoms. The third kappa shape index (κ3) is 2.64. The molecular formula is C13H19N3S.